The van der Waals surface area contributed by atoms with Gasteiger partial charge in [0, 0.05) is 39.4 Å². The quantitative estimate of drug-likeness (QED) is 0.152. The van der Waals surface area contributed by atoms with Crippen LogP contribution in [-0.2, 0) is 16.0 Å². The van der Waals surface area contributed by atoms with E-state index in [-0.39, 0.29) is 11.7 Å². The summed E-state index contributed by atoms with van der Waals surface area (Å²) in [5.41, 5.74) is 2.80. The summed E-state index contributed by atoms with van der Waals surface area (Å²) < 4.78 is 15.9. The van der Waals surface area contributed by atoms with Crippen molar-refractivity contribution < 1.29 is 23.8 Å². The molecule has 2 aromatic heterocycles. The van der Waals surface area contributed by atoms with E-state index in [1.807, 2.05) is 24.3 Å². The van der Waals surface area contributed by atoms with Crippen LogP contribution in [0.4, 0.5) is 5.69 Å². The molecule has 0 saturated carbocycles. The van der Waals surface area contributed by atoms with Gasteiger partial charge in [-0.3, -0.25) is 9.59 Å². The predicted molar refractivity (Wildman–Crippen MR) is 148 cm³/mol. The van der Waals surface area contributed by atoms with E-state index in [1.54, 1.807) is 35.7 Å². The highest BCUT2D eigenvalue weighted by atomic mass is 35.5. The Bertz CT molecular complexity index is 1490. The van der Waals surface area contributed by atoms with Crippen molar-refractivity contribution in [2.45, 2.75) is 20.3 Å². The number of nitrogens with one attached hydrogen (secondary N) is 1. The van der Waals surface area contributed by atoms with E-state index < -0.39 is 5.97 Å². The average molecular weight is 537 g/mol. The lowest BCUT2D eigenvalue weighted by Crippen LogP contribution is -2.09. The molecule has 1 N–H and O–H groups in total. The zero-order valence-electron chi connectivity index (χ0n) is 20.8. The number of hydrogen-bond acceptors (Lipinski definition) is 7. The standard InChI is InChI=1S/C28H25ClN2O5S/c1-5-18-14-20-26(19-8-6-7-9-21(19)29)22(15-30-28(20)37-18)31-25(33)11-10-17-12-23(34-3)27(36-16(2)32)24(13-17)35-4/h6-15H,5H2,1-4H3,(H,31,33)/b11-10+. The molecule has 7 nitrogen and oxygen atoms in total. The number of carbonyl (C=O) groups excluding carboxylic acids is 2. The van der Waals surface area contributed by atoms with E-state index in [0.717, 1.165) is 27.8 Å². The van der Waals surface area contributed by atoms with E-state index in [4.69, 9.17) is 25.8 Å². The zero-order valence-corrected chi connectivity index (χ0v) is 22.3. The van der Waals surface area contributed by atoms with Crippen molar-refractivity contribution in [3.63, 3.8) is 0 Å². The summed E-state index contributed by atoms with van der Waals surface area (Å²) in [5, 5.41) is 4.46. The van der Waals surface area contributed by atoms with Crippen LogP contribution in [0.2, 0.25) is 5.02 Å². The number of amides is 1. The number of halogens is 1. The van der Waals surface area contributed by atoms with Crippen molar-refractivity contribution in [1.82, 2.24) is 4.98 Å². The fourth-order valence-corrected chi connectivity index (χ4v) is 5.03. The zero-order chi connectivity index (χ0) is 26.5. The van der Waals surface area contributed by atoms with E-state index in [1.165, 1.54) is 32.1 Å². The number of aromatic nitrogens is 1. The van der Waals surface area contributed by atoms with Gasteiger partial charge in [0.25, 0.3) is 0 Å². The van der Waals surface area contributed by atoms with E-state index in [0.29, 0.717) is 27.8 Å². The van der Waals surface area contributed by atoms with Gasteiger partial charge >= 0.3 is 5.97 Å². The molecule has 190 valence electrons. The number of fused-ring (bicyclic) bond motifs is 1. The number of nitrogens with zero attached hydrogens (tertiary/aromatic N) is 1. The predicted octanol–water partition coefficient (Wildman–Crippen LogP) is 6.77. The molecule has 1 amide bonds. The van der Waals surface area contributed by atoms with Gasteiger partial charge in [-0.25, -0.2) is 4.98 Å². The summed E-state index contributed by atoms with van der Waals surface area (Å²) in [5.74, 6) is -0.0905. The molecule has 0 aliphatic rings. The Kier molecular flexibility index (Phi) is 8.11. The summed E-state index contributed by atoms with van der Waals surface area (Å²) in [6.45, 7) is 3.38. The number of anilines is 1. The highest BCUT2D eigenvalue weighted by Crippen LogP contribution is 2.41. The fourth-order valence-electron chi connectivity index (χ4n) is 3.85. The molecule has 0 unspecified atom stereocenters. The molecule has 0 fully saturated rings. The molecule has 4 rings (SSSR count). The van der Waals surface area contributed by atoms with Crippen molar-refractivity contribution in [3.05, 3.63) is 70.2 Å². The number of esters is 1. The second-order valence-corrected chi connectivity index (χ2v) is 9.50. The number of pyridine rings is 1. The van der Waals surface area contributed by atoms with Crippen LogP contribution >= 0.6 is 22.9 Å². The van der Waals surface area contributed by atoms with Crippen LogP contribution in [0, 0.1) is 0 Å². The minimum absolute atomic E-state index is 0.171. The van der Waals surface area contributed by atoms with Crippen LogP contribution in [-0.4, -0.2) is 31.1 Å². The van der Waals surface area contributed by atoms with Gasteiger partial charge in [-0.1, -0.05) is 36.7 Å². The maximum atomic E-state index is 13.0. The van der Waals surface area contributed by atoms with E-state index >= 15 is 0 Å². The molecule has 2 aromatic carbocycles. The molecule has 0 saturated heterocycles. The first kappa shape index (κ1) is 26.2. The molecule has 0 aliphatic carbocycles. The largest absolute Gasteiger partial charge is 0.493 e. The third kappa shape index (κ3) is 5.76. The maximum absolute atomic E-state index is 13.0. The van der Waals surface area contributed by atoms with E-state index in [9.17, 15) is 9.59 Å². The van der Waals surface area contributed by atoms with Gasteiger partial charge < -0.3 is 19.5 Å². The summed E-state index contributed by atoms with van der Waals surface area (Å²) in [7, 11) is 2.91. The number of benzene rings is 2. The normalized spacial score (nSPS) is 11.1. The van der Waals surface area contributed by atoms with Gasteiger partial charge in [0.15, 0.2) is 11.5 Å². The van der Waals surface area contributed by atoms with Gasteiger partial charge in [-0.15, -0.1) is 11.3 Å². The van der Waals surface area contributed by atoms with Crippen LogP contribution in [0.3, 0.4) is 0 Å². The lowest BCUT2D eigenvalue weighted by Gasteiger charge is -2.14. The Morgan fingerprint density at radius 3 is 2.43 bits per heavy atom. The molecular formula is C28H25ClN2O5S. The first-order valence-corrected chi connectivity index (χ1v) is 12.6. The van der Waals surface area contributed by atoms with Crippen molar-refractivity contribution in [3.8, 4) is 28.4 Å². The third-order valence-electron chi connectivity index (χ3n) is 5.52. The average Bonchev–Trinajstić information content (AvgIpc) is 3.31. The highest BCUT2D eigenvalue weighted by Gasteiger charge is 2.18. The molecule has 0 radical (unpaired) electrons. The Morgan fingerprint density at radius 1 is 1.11 bits per heavy atom. The molecule has 37 heavy (non-hydrogen) atoms. The number of thiophene rings is 1. The monoisotopic (exact) mass is 536 g/mol. The third-order valence-corrected chi connectivity index (χ3v) is 7.04. The smallest absolute Gasteiger partial charge is 0.308 e. The van der Waals surface area contributed by atoms with Crippen molar-refractivity contribution in [2.24, 2.45) is 0 Å². The topological polar surface area (TPSA) is 86.8 Å². The van der Waals surface area contributed by atoms with Crippen molar-refractivity contribution in [1.29, 1.82) is 0 Å². The van der Waals surface area contributed by atoms with Gasteiger partial charge in [0.1, 0.15) is 4.83 Å². The van der Waals surface area contributed by atoms with Crippen LogP contribution in [0.15, 0.2) is 54.7 Å². The second-order valence-electron chi connectivity index (χ2n) is 7.98. The molecule has 4 aromatic rings. The number of aryl methyl sites for hydroxylation is 1. The molecule has 0 spiro atoms. The number of ether oxygens (including phenoxy) is 3. The van der Waals surface area contributed by atoms with Crippen molar-refractivity contribution in [2.75, 3.05) is 19.5 Å². The summed E-state index contributed by atoms with van der Waals surface area (Å²) >= 11 is 8.17. The summed E-state index contributed by atoms with van der Waals surface area (Å²) in [6, 6.07) is 12.9. The van der Waals surface area contributed by atoms with Gasteiger partial charge in [-0.05, 0) is 42.3 Å². The van der Waals surface area contributed by atoms with E-state index in [2.05, 4.69) is 23.3 Å². The molecule has 0 aliphatic heterocycles. The number of methoxy groups -OCH3 is 2. The summed E-state index contributed by atoms with van der Waals surface area (Å²) in [4.78, 5) is 31.1. The Labute approximate surface area is 223 Å². The molecule has 2 heterocycles. The molecule has 0 bridgehead atoms. The Hall–Kier alpha value is -3.88. The SMILES string of the molecule is CCc1cc2c(-c3ccccc3Cl)c(NC(=O)/C=C/c3cc(OC)c(OC(C)=O)c(OC)c3)cnc2s1. The first-order chi connectivity index (χ1) is 17.8. The molecule has 9 heteroatoms. The second kappa shape index (κ2) is 11.5. The fraction of sp³-hybridized carbons (Fsp3) is 0.179. The molecular weight excluding hydrogens is 512 g/mol. The van der Waals surface area contributed by atoms with Gasteiger partial charge in [0.2, 0.25) is 11.7 Å². The lowest BCUT2D eigenvalue weighted by atomic mass is 10.0. The van der Waals surface area contributed by atoms with Gasteiger partial charge in [-0.2, -0.15) is 0 Å². The summed E-state index contributed by atoms with van der Waals surface area (Å²) in [6.07, 6.45) is 5.55. The van der Waals surface area contributed by atoms with Crippen LogP contribution in [0.25, 0.3) is 27.4 Å². The van der Waals surface area contributed by atoms with Crippen LogP contribution < -0.4 is 19.5 Å². The number of hydrogen-bond donors (Lipinski definition) is 1. The molecule has 0 atom stereocenters. The number of carbonyl (C=O) groups is 2. The van der Waals surface area contributed by atoms with Gasteiger partial charge in [0.05, 0.1) is 26.1 Å². The Balaban J connectivity index is 1.68. The first-order valence-electron chi connectivity index (χ1n) is 11.4. The van der Waals surface area contributed by atoms with Crippen molar-refractivity contribution >= 4 is 56.8 Å². The number of rotatable bonds is 8. The minimum atomic E-state index is -0.504. The minimum Gasteiger partial charge on any atom is -0.493 e. The van der Waals surface area contributed by atoms with Crippen LogP contribution in [0.5, 0.6) is 17.2 Å². The lowest BCUT2D eigenvalue weighted by molar-refractivity contribution is -0.132. The maximum Gasteiger partial charge on any atom is 0.308 e. The Morgan fingerprint density at radius 2 is 1.81 bits per heavy atom. The van der Waals surface area contributed by atoms with Crippen LogP contribution in [0.1, 0.15) is 24.3 Å². The highest BCUT2D eigenvalue weighted by molar-refractivity contribution is 7.18.